The summed E-state index contributed by atoms with van der Waals surface area (Å²) in [5.74, 6) is 0.904. The Morgan fingerprint density at radius 3 is 2.67 bits per heavy atom. The van der Waals surface area contributed by atoms with Gasteiger partial charge in [-0.05, 0) is 26.3 Å². The summed E-state index contributed by atoms with van der Waals surface area (Å²) in [5.41, 5.74) is 1.20. The zero-order valence-electron chi connectivity index (χ0n) is 12.2. The van der Waals surface area contributed by atoms with E-state index in [0.29, 0.717) is 6.04 Å². The van der Waals surface area contributed by atoms with Crippen molar-refractivity contribution in [3.05, 3.63) is 11.9 Å². The Morgan fingerprint density at radius 2 is 2.11 bits per heavy atom. The minimum atomic E-state index is 0.349. The first-order chi connectivity index (χ1) is 8.78. The van der Waals surface area contributed by atoms with Gasteiger partial charge in [-0.1, -0.05) is 26.7 Å². The van der Waals surface area contributed by atoms with Gasteiger partial charge in [0.1, 0.15) is 0 Å². The number of nitrogens with zero attached hydrogens (tertiary/aromatic N) is 2. The molecule has 1 aromatic rings. The predicted octanol–water partition coefficient (Wildman–Crippen LogP) is 3.14. The molecule has 0 aliphatic rings. The van der Waals surface area contributed by atoms with Crippen molar-refractivity contribution in [1.29, 1.82) is 0 Å². The van der Waals surface area contributed by atoms with Crippen LogP contribution in [0.1, 0.15) is 58.2 Å². The number of unbranched alkanes of at least 4 members (excludes halogenated alkanes) is 1. The highest BCUT2D eigenvalue weighted by Gasteiger charge is 2.20. The Hall–Kier alpha value is -1.03. The zero-order valence-corrected chi connectivity index (χ0v) is 12.2. The van der Waals surface area contributed by atoms with Gasteiger partial charge in [0.25, 0.3) is 0 Å². The minimum absolute atomic E-state index is 0.349. The van der Waals surface area contributed by atoms with Gasteiger partial charge in [0.15, 0.2) is 5.75 Å². The fourth-order valence-corrected chi connectivity index (χ4v) is 2.20. The van der Waals surface area contributed by atoms with E-state index in [1.807, 2.05) is 10.9 Å². The molecule has 1 atom stereocenters. The van der Waals surface area contributed by atoms with Crippen LogP contribution in [0.2, 0.25) is 0 Å². The lowest BCUT2D eigenvalue weighted by atomic mass is 10.1. The van der Waals surface area contributed by atoms with Crippen LogP contribution in [-0.2, 0) is 6.54 Å². The molecule has 0 aromatic carbocycles. The number of methoxy groups -OCH3 is 1. The molecular formula is C14H27N3O. The van der Waals surface area contributed by atoms with Gasteiger partial charge in [-0.25, -0.2) is 0 Å². The van der Waals surface area contributed by atoms with Gasteiger partial charge in [0.2, 0.25) is 0 Å². The van der Waals surface area contributed by atoms with Crippen molar-refractivity contribution in [2.75, 3.05) is 13.7 Å². The van der Waals surface area contributed by atoms with E-state index in [9.17, 15) is 0 Å². The second-order valence-corrected chi connectivity index (χ2v) is 4.56. The molecule has 0 saturated carbocycles. The molecule has 0 fully saturated rings. The lowest BCUT2D eigenvalue weighted by molar-refractivity contribution is 0.382. The fourth-order valence-electron chi connectivity index (χ4n) is 2.20. The maximum atomic E-state index is 5.45. The van der Waals surface area contributed by atoms with Crippen LogP contribution >= 0.6 is 0 Å². The van der Waals surface area contributed by atoms with Gasteiger partial charge in [0, 0.05) is 6.54 Å². The van der Waals surface area contributed by atoms with E-state index in [-0.39, 0.29) is 0 Å². The van der Waals surface area contributed by atoms with Crippen molar-refractivity contribution in [2.45, 2.75) is 59.0 Å². The maximum absolute atomic E-state index is 5.45. The van der Waals surface area contributed by atoms with Crippen molar-refractivity contribution in [2.24, 2.45) is 0 Å². The van der Waals surface area contributed by atoms with Crippen LogP contribution in [-0.4, -0.2) is 23.4 Å². The number of nitrogens with one attached hydrogen (secondary N) is 1. The van der Waals surface area contributed by atoms with Gasteiger partial charge in [-0.15, -0.1) is 0 Å². The molecule has 0 radical (unpaired) electrons. The van der Waals surface area contributed by atoms with Gasteiger partial charge < -0.3 is 10.1 Å². The highest BCUT2D eigenvalue weighted by atomic mass is 16.5. The van der Waals surface area contributed by atoms with E-state index in [1.54, 1.807) is 7.11 Å². The largest absolute Gasteiger partial charge is 0.493 e. The lowest BCUT2D eigenvalue weighted by Gasteiger charge is -2.20. The Labute approximate surface area is 111 Å². The fraction of sp³-hybridized carbons (Fsp3) is 0.786. The number of ether oxygens (including phenoxy) is 1. The Kier molecular flexibility index (Phi) is 6.80. The Balaban J connectivity index is 2.90. The third kappa shape index (κ3) is 3.73. The number of aryl methyl sites for hydroxylation is 1. The quantitative estimate of drug-likeness (QED) is 0.735. The van der Waals surface area contributed by atoms with Crippen LogP contribution in [0.25, 0.3) is 0 Å². The summed E-state index contributed by atoms with van der Waals surface area (Å²) in [6, 6.07) is 0.349. The van der Waals surface area contributed by atoms with Crippen LogP contribution in [0.4, 0.5) is 0 Å². The third-order valence-corrected chi connectivity index (χ3v) is 3.18. The lowest BCUT2D eigenvalue weighted by Crippen LogP contribution is -2.25. The third-order valence-electron chi connectivity index (χ3n) is 3.18. The first-order valence-electron chi connectivity index (χ1n) is 7.11. The monoisotopic (exact) mass is 253 g/mol. The van der Waals surface area contributed by atoms with Gasteiger partial charge in [0.05, 0.1) is 25.0 Å². The predicted molar refractivity (Wildman–Crippen MR) is 75.0 cm³/mol. The molecule has 1 aromatic heterocycles. The highest BCUT2D eigenvalue weighted by molar-refractivity contribution is 5.28. The SMILES string of the molecule is CCCCC(NCCC)c1c(OC)cnn1CC. The van der Waals surface area contributed by atoms with Crippen molar-refractivity contribution in [1.82, 2.24) is 15.1 Å². The molecule has 1 heterocycles. The molecule has 4 heteroatoms. The first kappa shape index (κ1) is 15.0. The van der Waals surface area contributed by atoms with Crippen molar-refractivity contribution in [3.63, 3.8) is 0 Å². The Bertz CT molecular complexity index is 306. The second kappa shape index (κ2) is 8.14. The Morgan fingerprint density at radius 1 is 1.33 bits per heavy atom. The summed E-state index contributed by atoms with van der Waals surface area (Å²) in [7, 11) is 1.72. The molecule has 1 unspecified atom stereocenters. The number of hydrogen-bond acceptors (Lipinski definition) is 3. The van der Waals surface area contributed by atoms with E-state index in [1.165, 1.54) is 18.5 Å². The van der Waals surface area contributed by atoms with Crippen molar-refractivity contribution >= 4 is 0 Å². The van der Waals surface area contributed by atoms with Crippen molar-refractivity contribution in [3.8, 4) is 5.75 Å². The summed E-state index contributed by atoms with van der Waals surface area (Å²) in [5, 5.41) is 8.01. The average Bonchev–Trinajstić information content (AvgIpc) is 2.82. The molecule has 0 bridgehead atoms. The van der Waals surface area contributed by atoms with Crippen molar-refractivity contribution < 1.29 is 4.74 Å². The minimum Gasteiger partial charge on any atom is -0.493 e. The highest BCUT2D eigenvalue weighted by Crippen LogP contribution is 2.28. The maximum Gasteiger partial charge on any atom is 0.161 e. The smallest absolute Gasteiger partial charge is 0.161 e. The van der Waals surface area contributed by atoms with Crippen LogP contribution in [0.15, 0.2) is 6.20 Å². The number of aromatic nitrogens is 2. The van der Waals surface area contributed by atoms with Gasteiger partial charge in [-0.2, -0.15) is 5.10 Å². The molecule has 0 amide bonds. The summed E-state index contributed by atoms with van der Waals surface area (Å²) < 4.78 is 7.49. The standard InChI is InChI=1S/C14H27N3O/c1-5-8-9-12(15-10-6-2)14-13(18-4)11-16-17(14)7-3/h11-12,15H,5-10H2,1-4H3. The average molecular weight is 253 g/mol. The van der Waals surface area contributed by atoms with Crippen LogP contribution < -0.4 is 10.1 Å². The summed E-state index contributed by atoms with van der Waals surface area (Å²) in [6.07, 6.45) is 6.54. The molecule has 4 nitrogen and oxygen atoms in total. The van der Waals surface area contributed by atoms with E-state index >= 15 is 0 Å². The molecule has 18 heavy (non-hydrogen) atoms. The number of rotatable bonds is 9. The van der Waals surface area contributed by atoms with Crippen LogP contribution in [0.3, 0.4) is 0 Å². The van der Waals surface area contributed by atoms with Crippen LogP contribution in [0, 0.1) is 0 Å². The summed E-state index contributed by atoms with van der Waals surface area (Å²) >= 11 is 0. The topological polar surface area (TPSA) is 39.1 Å². The van der Waals surface area contributed by atoms with Gasteiger partial charge >= 0.3 is 0 Å². The van der Waals surface area contributed by atoms with E-state index in [2.05, 4.69) is 31.2 Å². The van der Waals surface area contributed by atoms with E-state index in [0.717, 1.165) is 31.7 Å². The second-order valence-electron chi connectivity index (χ2n) is 4.56. The molecule has 0 aliphatic heterocycles. The summed E-state index contributed by atoms with van der Waals surface area (Å²) in [6.45, 7) is 8.46. The molecule has 1 N–H and O–H groups in total. The molecule has 0 aliphatic carbocycles. The number of hydrogen-bond donors (Lipinski definition) is 1. The molecule has 0 spiro atoms. The van der Waals surface area contributed by atoms with E-state index < -0.39 is 0 Å². The summed E-state index contributed by atoms with van der Waals surface area (Å²) in [4.78, 5) is 0. The molecule has 1 rings (SSSR count). The van der Waals surface area contributed by atoms with E-state index in [4.69, 9.17) is 4.74 Å². The van der Waals surface area contributed by atoms with Crippen LogP contribution in [0.5, 0.6) is 5.75 Å². The molecule has 0 saturated heterocycles. The molecular weight excluding hydrogens is 226 g/mol. The molecule has 104 valence electrons. The zero-order chi connectivity index (χ0) is 13.4. The first-order valence-corrected chi connectivity index (χ1v) is 7.11. The normalized spacial score (nSPS) is 12.7. The van der Waals surface area contributed by atoms with Gasteiger partial charge in [-0.3, -0.25) is 4.68 Å².